The van der Waals surface area contributed by atoms with Crippen molar-refractivity contribution in [2.75, 3.05) is 39.6 Å². The number of esters is 4. The quantitative estimate of drug-likeness (QED) is 0.0222. The average molecular weight is 1410 g/mol. The van der Waals surface area contributed by atoms with Gasteiger partial charge in [0.1, 0.15) is 19.3 Å². The third-order valence-electron chi connectivity index (χ3n) is 18.0. The highest BCUT2D eigenvalue weighted by molar-refractivity contribution is 7.47. The van der Waals surface area contributed by atoms with E-state index < -0.39 is 97.5 Å². The smallest absolute Gasteiger partial charge is 0.462 e. The monoisotopic (exact) mass is 1410 g/mol. The summed E-state index contributed by atoms with van der Waals surface area (Å²) in [4.78, 5) is 72.8. The number of hydrogen-bond donors (Lipinski definition) is 3. The van der Waals surface area contributed by atoms with Crippen LogP contribution in [0.25, 0.3) is 0 Å². The summed E-state index contributed by atoms with van der Waals surface area (Å²) < 4.78 is 68.5. The minimum Gasteiger partial charge on any atom is -0.462 e. The standard InChI is InChI=1S/C77H150O17P2/c1-7-9-11-13-15-17-18-19-20-21-22-23-28-31-37-43-49-55-61-76(81)93-73(66-88-75(80)60-54-48-42-36-30-27-25-24-26-29-34-39-45-51-57-69(3)4)68-92-96(85,86)90-64-71(78)63-89-95(83,84)91-67-72(65-87-74(79)59-53-47-41-33-16-14-12-10-8-2)94-77(82)62-56-50-44-38-32-35-40-46-52-58-70(5)6/h69-73,78H,7-68H2,1-6H3,(H,83,84)(H,85,86)/t71-,72+,73+/m0/s1. The van der Waals surface area contributed by atoms with Gasteiger partial charge in [-0.3, -0.25) is 37.3 Å². The number of hydrogen-bond acceptors (Lipinski definition) is 15. The van der Waals surface area contributed by atoms with E-state index in [1.807, 2.05) is 0 Å². The molecule has 570 valence electrons. The van der Waals surface area contributed by atoms with Gasteiger partial charge in [0.15, 0.2) is 12.2 Å². The Morgan fingerprint density at radius 3 is 0.708 bits per heavy atom. The highest BCUT2D eigenvalue weighted by Gasteiger charge is 2.30. The molecule has 0 saturated heterocycles. The van der Waals surface area contributed by atoms with E-state index in [2.05, 4.69) is 41.5 Å². The molecule has 0 aliphatic rings. The van der Waals surface area contributed by atoms with Gasteiger partial charge in [0.25, 0.3) is 0 Å². The Hall–Kier alpha value is -1.94. The van der Waals surface area contributed by atoms with Crippen LogP contribution in [0.2, 0.25) is 0 Å². The average Bonchev–Trinajstić information content (AvgIpc) is 1.38. The van der Waals surface area contributed by atoms with Gasteiger partial charge in [-0.1, -0.05) is 350 Å². The van der Waals surface area contributed by atoms with E-state index in [0.29, 0.717) is 25.7 Å². The fourth-order valence-corrected chi connectivity index (χ4v) is 13.4. The Labute approximate surface area is 588 Å². The van der Waals surface area contributed by atoms with Crippen molar-refractivity contribution >= 4 is 39.5 Å². The van der Waals surface area contributed by atoms with Crippen molar-refractivity contribution in [1.82, 2.24) is 0 Å². The molecule has 0 amide bonds. The Morgan fingerprint density at radius 2 is 0.479 bits per heavy atom. The number of unbranched alkanes of at least 4 members (excludes halogenated alkanes) is 46. The molecular formula is C77H150O17P2. The summed E-state index contributed by atoms with van der Waals surface area (Å²) in [6.45, 7) is 9.59. The third-order valence-corrected chi connectivity index (χ3v) is 19.9. The van der Waals surface area contributed by atoms with Gasteiger partial charge in [-0.05, 0) is 37.5 Å². The molecule has 5 atom stereocenters. The molecule has 3 N–H and O–H groups in total. The van der Waals surface area contributed by atoms with Crippen LogP contribution in [0.1, 0.15) is 401 Å². The van der Waals surface area contributed by atoms with Crippen LogP contribution < -0.4 is 0 Å². The summed E-state index contributed by atoms with van der Waals surface area (Å²) >= 11 is 0. The van der Waals surface area contributed by atoms with Gasteiger partial charge in [0.05, 0.1) is 26.4 Å². The van der Waals surface area contributed by atoms with Gasteiger partial charge in [-0.2, -0.15) is 0 Å². The topological polar surface area (TPSA) is 237 Å². The fraction of sp³-hybridized carbons (Fsp3) is 0.948. The van der Waals surface area contributed by atoms with Crippen molar-refractivity contribution in [3.63, 3.8) is 0 Å². The first-order chi connectivity index (χ1) is 46.4. The van der Waals surface area contributed by atoms with E-state index in [1.54, 1.807) is 0 Å². The molecule has 0 aromatic heterocycles. The summed E-state index contributed by atoms with van der Waals surface area (Å²) in [6.07, 6.45) is 56.9. The van der Waals surface area contributed by atoms with Crippen molar-refractivity contribution < 1.29 is 80.2 Å². The lowest BCUT2D eigenvalue weighted by Gasteiger charge is -2.21. The normalized spacial score (nSPS) is 14.0. The second-order valence-corrected chi connectivity index (χ2v) is 31.6. The van der Waals surface area contributed by atoms with Crippen LogP contribution in [-0.2, 0) is 65.4 Å². The first-order valence-corrected chi connectivity index (χ1v) is 43.0. The minimum atomic E-state index is -4.96. The fourth-order valence-electron chi connectivity index (χ4n) is 11.8. The van der Waals surface area contributed by atoms with Gasteiger partial charge >= 0.3 is 39.5 Å². The van der Waals surface area contributed by atoms with Crippen molar-refractivity contribution in [1.29, 1.82) is 0 Å². The molecule has 0 aliphatic heterocycles. The maximum absolute atomic E-state index is 13.1. The summed E-state index contributed by atoms with van der Waals surface area (Å²) in [5.74, 6) is -0.579. The highest BCUT2D eigenvalue weighted by atomic mass is 31.2. The molecule has 0 spiro atoms. The van der Waals surface area contributed by atoms with Gasteiger partial charge in [-0.15, -0.1) is 0 Å². The first-order valence-electron chi connectivity index (χ1n) is 40.0. The van der Waals surface area contributed by atoms with E-state index in [9.17, 15) is 43.2 Å². The predicted molar refractivity (Wildman–Crippen MR) is 391 cm³/mol. The summed E-state index contributed by atoms with van der Waals surface area (Å²) in [5.41, 5.74) is 0. The second-order valence-electron chi connectivity index (χ2n) is 28.7. The maximum atomic E-state index is 13.1. The molecule has 19 heteroatoms. The summed E-state index contributed by atoms with van der Waals surface area (Å²) in [5, 5.41) is 10.6. The summed E-state index contributed by atoms with van der Waals surface area (Å²) in [7, 11) is -9.91. The number of rotatable bonds is 76. The van der Waals surface area contributed by atoms with Crippen LogP contribution in [-0.4, -0.2) is 96.7 Å². The molecule has 0 radical (unpaired) electrons. The van der Waals surface area contributed by atoms with Crippen molar-refractivity contribution in [3.8, 4) is 0 Å². The van der Waals surface area contributed by atoms with E-state index >= 15 is 0 Å². The Balaban J connectivity index is 5.22. The molecule has 0 heterocycles. The van der Waals surface area contributed by atoms with Crippen LogP contribution in [0, 0.1) is 11.8 Å². The largest absolute Gasteiger partial charge is 0.472 e. The number of carbonyl (C=O) groups is 4. The lowest BCUT2D eigenvalue weighted by molar-refractivity contribution is -0.161. The molecule has 17 nitrogen and oxygen atoms in total. The van der Waals surface area contributed by atoms with Crippen LogP contribution in [0.15, 0.2) is 0 Å². The predicted octanol–water partition coefficient (Wildman–Crippen LogP) is 22.7. The number of aliphatic hydroxyl groups is 1. The second kappa shape index (κ2) is 68.8. The lowest BCUT2D eigenvalue weighted by Crippen LogP contribution is -2.30. The molecule has 2 unspecified atom stereocenters. The van der Waals surface area contributed by atoms with E-state index in [-0.39, 0.29) is 25.7 Å². The SMILES string of the molecule is CCCCCCCCCCCCCCCCCCCCC(=O)O[C@H](COC(=O)CCCCCCCCCCCCCCCCC(C)C)COP(=O)(O)OC[C@@H](O)COP(=O)(O)OC[C@@H](COC(=O)CCCCCCCCCCC)OC(=O)CCCCCCCCCCCC(C)C. The Bertz CT molecular complexity index is 1860. The third kappa shape index (κ3) is 70.5. The zero-order valence-corrected chi connectivity index (χ0v) is 64.5. The molecule has 0 aromatic carbocycles. The molecule has 0 aromatic rings. The van der Waals surface area contributed by atoms with Crippen molar-refractivity contribution in [3.05, 3.63) is 0 Å². The van der Waals surface area contributed by atoms with Gasteiger partial charge in [0.2, 0.25) is 0 Å². The highest BCUT2D eigenvalue weighted by Crippen LogP contribution is 2.45. The molecule has 96 heavy (non-hydrogen) atoms. The number of carbonyl (C=O) groups excluding carboxylic acids is 4. The number of ether oxygens (including phenoxy) is 4. The van der Waals surface area contributed by atoms with Gasteiger partial charge < -0.3 is 33.8 Å². The first kappa shape index (κ1) is 94.1. The minimum absolute atomic E-state index is 0.105. The van der Waals surface area contributed by atoms with Crippen LogP contribution in [0.5, 0.6) is 0 Å². The molecule has 0 rings (SSSR count). The molecule has 0 bridgehead atoms. The number of aliphatic hydroxyl groups excluding tert-OH is 1. The lowest BCUT2D eigenvalue weighted by atomic mass is 10.0. The molecule has 0 saturated carbocycles. The number of phosphoric ester groups is 2. The maximum Gasteiger partial charge on any atom is 0.472 e. The summed E-state index contributed by atoms with van der Waals surface area (Å²) in [6, 6.07) is 0. The molecule has 0 fully saturated rings. The van der Waals surface area contributed by atoms with Crippen molar-refractivity contribution in [2.24, 2.45) is 11.8 Å². The molecule has 0 aliphatic carbocycles. The van der Waals surface area contributed by atoms with Crippen molar-refractivity contribution in [2.45, 2.75) is 419 Å². The zero-order chi connectivity index (χ0) is 70.7. The van der Waals surface area contributed by atoms with E-state index in [0.717, 1.165) is 102 Å². The molecular weight excluding hydrogens is 1260 g/mol. The van der Waals surface area contributed by atoms with Gasteiger partial charge in [-0.25, -0.2) is 9.13 Å². The van der Waals surface area contributed by atoms with E-state index in [1.165, 1.54) is 218 Å². The van der Waals surface area contributed by atoms with Crippen LogP contribution in [0.4, 0.5) is 0 Å². The Kier molecular flexibility index (Phi) is 67.4. The van der Waals surface area contributed by atoms with Crippen LogP contribution in [0.3, 0.4) is 0 Å². The number of phosphoric acid groups is 2. The van der Waals surface area contributed by atoms with E-state index in [4.69, 9.17) is 37.0 Å². The Morgan fingerprint density at radius 1 is 0.281 bits per heavy atom. The zero-order valence-electron chi connectivity index (χ0n) is 62.7. The van der Waals surface area contributed by atoms with Gasteiger partial charge in [0, 0.05) is 25.7 Å². The van der Waals surface area contributed by atoms with Crippen LogP contribution >= 0.6 is 15.6 Å².